The van der Waals surface area contributed by atoms with Crippen molar-refractivity contribution in [2.75, 3.05) is 46.1 Å². The van der Waals surface area contributed by atoms with E-state index in [1.165, 1.54) is 12.1 Å². The Balaban J connectivity index is 1.46. The van der Waals surface area contributed by atoms with Crippen LogP contribution in [0.25, 0.3) is 5.57 Å². The average molecular weight is 516 g/mol. The Hall–Kier alpha value is -4.12. The van der Waals surface area contributed by atoms with E-state index in [1.54, 1.807) is 30.3 Å². The molecule has 1 aliphatic rings. The molecule has 196 valence electrons. The van der Waals surface area contributed by atoms with E-state index in [4.69, 9.17) is 19.3 Å². The highest BCUT2D eigenvalue weighted by Crippen LogP contribution is 2.26. The number of hydrogen-bond donors (Lipinski definition) is 1. The van der Waals surface area contributed by atoms with E-state index in [0.29, 0.717) is 11.5 Å². The lowest BCUT2D eigenvalue weighted by molar-refractivity contribution is -0.139. The van der Waals surface area contributed by atoms with Crippen LogP contribution in [0.4, 0.5) is 4.39 Å². The summed E-state index contributed by atoms with van der Waals surface area (Å²) in [6.45, 7) is 5.75. The van der Waals surface area contributed by atoms with Crippen LogP contribution in [0.5, 0.6) is 11.5 Å². The first-order valence-corrected chi connectivity index (χ1v) is 12.4. The van der Waals surface area contributed by atoms with Gasteiger partial charge in [-0.2, -0.15) is 0 Å². The molecule has 38 heavy (non-hydrogen) atoms. The molecule has 0 amide bonds. The molecular weight excluding hydrogens is 485 g/mol. The number of ether oxygens (including phenoxy) is 3. The Morgan fingerprint density at radius 3 is 2.37 bits per heavy atom. The second-order valence-corrected chi connectivity index (χ2v) is 8.81. The summed E-state index contributed by atoms with van der Waals surface area (Å²) in [5, 5.41) is 8.80. The Labute approximate surface area is 222 Å². The monoisotopic (exact) mass is 515 g/mol. The fourth-order valence-electron chi connectivity index (χ4n) is 4.01. The molecule has 0 spiro atoms. The molecule has 1 N–H and O–H groups in total. The number of aryl methyl sites for hydroxylation is 1. The molecule has 0 aliphatic carbocycles. The van der Waals surface area contributed by atoms with Crippen LogP contribution in [0.15, 0.2) is 72.8 Å². The van der Waals surface area contributed by atoms with Gasteiger partial charge in [0.1, 0.15) is 23.9 Å². The highest BCUT2D eigenvalue weighted by atomic mass is 19.1. The smallest absolute Gasteiger partial charge is 0.341 e. The minimum absolute atomic E-state index is 0.280. The molecule has 0 aromatic heterocycles. The maximum atomic E-state index is 13.6. The summed E-state index contributed by atoms with van der Waals surface area (Å²) in [6.07, 6.45) is 1.95. The standard InChI is InChI=1S/C31H30FNO5/c1-23-21-28(12-13-30(23)38-22-31(34)35)37-18-14-29(26-8-10-27(32)11-9-26)25-6-4-24(5-7-25)3-2-15-33-16-19-36-20-17-33/h4-14,21H,15-20,22H2,1H3,(H,34,35)/b29-14+. The third-order valence-electron chi connectivity index (χ3n) is 6.03. The van der Waals surface area contributed by atoms with E-state index in [1.807, 2.05) is 37.3 Å². The van der Waals surface area contributed by atoms with Gasteiger partial charge >= 0.3 is 5.97 Å². The predicted octanol–water partition coefficient (Wildman–Crippen LogP) is 4.79. The Bertz CT molecular complexity index is 1320. The second-order valence-electron chi connectivity index (χ2n) is 8.81. The van der Waals surface area contributed by atoms with Gasteiger partial charge in [-0.15, -0.1) is 0 Å². The maximum absolute atomic E-state index is 13.6. The number of carboxylic acids is 1. The van der Waals surface area contributed by atoms with Crippen molar-refractivity contribution in [1.82, 2.24) is 4.90 Å². The summed E-state index contributed by atoms with van der Waals surface area (Å²) in [7, 11) is 0. The van der Waals surface area contributed by atoms with E-state index in [0.717, 1.165) is 60.7 Å². The number of aliphatic carboxylic acids is 1. The molecule has 1 saturated heterocycles. The number of benzene rings is 3. The van der Waals surface area contributed by atoms with Gasteiger partial charge in [0.25, 0.3) is 0 Å². The van der Waals surface area contributed by atoms with Gasteiger partial charge in [-0.25, -0.2) is 9.18 Å². The van der Waals surface area contributed by atoms with E-state index < -0.39 is 12.6 Å². The van der Waals surface area contributed by atoms with Gasteiger partial charge in [-0.05, 0) is 77.7 Å². The van der Waals surface area contributed by atoms with Gasteiger partial charge in [0.05, 0.1) is 19.8 Å². The Kier molecular flexibility index (Phi) is 9.52. The molecule has 1 fully saturated rings. The first-order valence-electron chi connectivity index (χ1n) is 12.4. The topological polar surface area (TPSA) is 68.2 Å². The number of nitrogens with zero attached hydrogens (tertiary/aromatic N) is 1. The molecule has 3 aromatic carbocycles. The van der Waals surface area contributed by atoms with Gasteiger partial charge in [-0.1, -0.05) is 36.1 Å². The molecule has 0 radical (unpaired) electrons. The summed E-state index contributed by atoms with van der Waals surface area (Å²) in [5.74, 6) is 6.26. The lowest BCUT2D eigenvalue weighted by Gasteiger charge is -2.24. The minimum atomic E-state index is -1.03. The van der Waals surface area contributed by atoms with Crippen LogP contribution < -0.4 is 9.47 Å². The predicted molar refractivity (Wildman–Crippen MR) is 144 cm³/mol. The molecule has 0 atom stereocenters. The molecule has 3 aromatic rings. The summed E-state index contributed by atoms with van der Waals surface area (Å²) >= 11 is 0. The zero-order valence-corrected chi connectivity index (χ0v) is 21.3. The number of rotatable bonds is 9. The molecule has 1 aliphatic heterocycles. The van der Waals surface area contributed by atoms with Crippen molar-refractivity contribution in [2.24, 2.45) is 0 Å². The van der Waals surface area contributed by atoms with Crippen LogP contribution in [-0.4, -0.2) is 62.0 Å². The first kappa shape index (κ1) is 26.9. The SMILES string of the molecule is Cc1cc(OC/C=C(/c2ccc(F)cc2)c2ccc(C#CCN3CCOCC3)cc2)ccc1OCC(=O)O. The van der Waals surface area contributed by atoms with E-state index in [-0.39, 0.29) is 12.4 Å². The minimum Gasteiger partial charge on any atom is -0.489 e. The summed E-state index contributed by atoms with van der Waals surface area (Å²) in [5.41, 5.74) is 4.45. The summed E-state index contributed by atoms with van der Waals surface area (Å²) in [4.78, 5) is 13.0. The number of hydrogen-bond acceptors (Lipinski definition) is 5. The zero-order chi connectivity index (χ0) is 26.7. The van der Waals surface area contributed by atoms with Crippen LogP contribution in [0.3, 0.4) is 0 Å². The van der Waals surface area contributed by atoms with Gasteiger partial charge in [-0.3, -0.25) is 4.90 Å². The molecule has 7 heteroatoms. The number of morpholine rings is 1. The fourth-order valence-corrected chi connectivity index (χ4v) is 4.01. The van der Waals surface area contributed by atoms with Crippen molar-refractivity contribution in [2.45, 2.75) is 6.92 Å². The maximum Gasteiger partial charge on any atom is 0.341 e. The van der Waals surface area contributed by atoms with Crippen molar-refractivity contribution in [1.29, 1.82) is 0 Å². The first-order chi connectivity index (χ1) is 18.5. The third-order valence-corrected chi connectivity index (χ3v) is 6.03. The van der Waals surface area contributed by atoms with Gasteiger partial charge < -0.3 is 19.3 Å². The quantitative estimate of drug-likeness (QED) is 0.414. The van der Waals surface area contributed by atoms with Gasteiger partial charge in [0, 0.05) is 18.7 Å². The van der Waals surface area contributed by atoms with E-state index in [2.05, 4.69) is 16.7 Å². The average Bonchev–Trinajstić information content (AvgIpc) is 2.92. The van der Waals surface area contributed by atoms with Crippen LogP contribution in [-0.2, 0) is 9.53 Å². The zero-order valence-electron chi connectivity index (χ0n) is 21.3. The van der Waals surface area contributed by atoms with Crippen LogP contribution >= 0.6 is 0 Å². The summed E-state index contributed by atoms with van der Waals surface area (Å²) in [6, 6.07) is 19.6. The van der Waals surface area contributed by atoms with Crippen LogP contribution in [0.1, 0.15) is 22.3 Å². The molecular formula is C31H30FNO5. The van der Waals surface area contributed by atoms with Crippen LogP contribution in [0, 0.1) is 24.6 Å². The van der Waals surface area contributed by atoms with Gasteiger partial charge in [0.15, 0.2) is 6.61 Å². The molecule has 4 rings (SSSR count). The largest absolute Gasteiger partial charge is 0.489 e. The van der Waals surface area contributed by atoms with Crippen LogP contribution in [0.2, 0.25) is 0 Å². The van der Waals surface area contributed by atoms with Crippen molar-refractivity contribution in [3.05, 3.63) is 101 Å². The second kappa shape index (κ2) is 13.4. The van der Waals surface area contributed by atoms with Crippen molar-refractivity contribution in [3.8, 4) is 23.3 Å². The highest BCUT2D eigenvalue weighted by Gasteiger charge is 2.09. The molecule has 0 unspecified atom stereocenters. The lowest BCUT2D eigenvalue weighted by Crippen LogP contribution is -2.36. The normalized spacial score (nSPS) is 13.9. The lowest BCUT2D eigenvalue weighted by atomic mass is 9.96. The molecule has 6 nitrogen and oxygen atoms in total. The highest BCUT2D eigenvalue weighted by molar-refractivity contribution is 5.80. The fraction of sp³-hybridized carbons (Fsp3) is 0.258. The van der Waals surface area contributed by atoms with Crippen molar-refractivity contribution < 1.29 is 28.5 Å². The van der Waals surface area contributed by atoms with Crippen molar-refractivity contribution >= 4 is 11.5 Å². The van der Waals surface area contributed by atoms with E-state index in [9.17, 15) is 9.18 Å². The Morgan fingerprint density at radius 2 is 1.71 bits per heavy atom. The van der Waals surface area contributed by atoms with Gasteiger partial charge in [0.2, 0.25) is 0 Å². The molecule has 1 heterocycles. The number of halogens is 1. The van der Waals surface area contributed by atoms with E-state index >= 15 is 0 Å². The van der Waals surface area contributed by atoms with Crippen molar-refractivity contribution in [3.63, 3.8) is 0 Å². The number of carboxylic acid groups (broad SMARTS) is 1. The third kappa shape index (κ3) is 7.94. The molecule has 0 saturated carbocycles. The number of carbonyl (C=O) groups is 1. The summed E-state index contributed by atoms with van der Waals surface area (Å²) < 4.78 is 30.2. The Morgan fingerprint density at radius 1 is 1.03 bits per heavy atom. The molecule has 0 bridgehead atoms.